The molecule has 1 N–H and O–H groups in total. The smallest absolute Gasteiger partial charge is 0.279 e. The van der Waals surface area contributed by atoms with Crippen molar-refractivity contribution in [1.82, 2.24) is 24.5 Å². The first-order valence-electron chi connectivity index (χ1n) is 10.2. The number of hydrogen-bond acceptors (Lipinski definition) is 3. The Bertz CT molecular complexity index is 1180. The monoisotopic (exact) mass is 421 g/mol. The summed E-state index contributed by atoms with van der Waals surface area (Å²) >= 11 is 0. The molecule has 4 aromatic rings. The minimum absolute atomic E-state index is 0.0234. The lowest BCUT2D eigenvalue weighted by Gasteiger charge is -2.41. The van der Waals surface area contributed by atoms with E-state index in [2.05, 4.69) is 28.5 Å². The standard InChI is InChI=1S/C23H21F2N5O/c24-21(25)17-14-18(28-27-17)22(31)29-12-9-23(10-13-29,16-6-2-1-3-7-16)19-15-30-11-5-4-8-20(30)26-19/h1-8,11,14-15,21H,9-10,12-13H2,(H,27,28). The first kappa shape index (κ1) is 19.4. The van der Waals surface area contributed by atoms with Crippen LogP contribution in [0.3, 0.4) is 0 Å². The van der Waals surface area contributed by atoms with Gasteiger partial charge in [0.15, 0.2) is 5.69 Å². The second-order valence-corrected chi connectivity index (χ2v) is 7.84. The van der Waals surface area contributed by atoms with Crippen LogP contribution in [0.15, 0.2) is 67.0 Å². The second kappa shape index (κ2) is 7.61. The molecule has 0 bridgehead atoms. The quantitative estimate of drug-likeness (QED) is 0.537. The fraction of sp³-hybridized carbons (Fsp3) is 0.261. The van der Waals surface area contributed by atoms with Crippen LogP contribution in [0.5, 0.6) is 0 Å². The fourth-order valence-corrected chi connectivity index (χ4v) is 4.43. The van der Waals surface area contributed by atoms with E-state index in [1.807, 2.05) is 47.0 Å². The zero-order valence-corrected chi connectivity index (χ0v) is 16.7. The van der Waals surface area contributed by atoms with Crippen LogP contribution in [-0.2, 0) is 5.41 Å². The highest BCUT2D eigenvalue weighted by Gasteiger charge is 2.41. The summed E-state index contributed by atoms with van der Waals surface area (Å²) in [7, 11) is 0. The number of fused-ring (bicyclic) bond motifs is 1. The number of imidazole rings is 1. The van der Waals surface area contributed by atoms with E-state index in [9.17, 15) is 13.6 Å². The zero-order valence-electron chi connectivity index (χ0n) is 16.7. The number of carbonyl (C=O) groups excluding carboxylic acids is 1. The number of pyridine rings is 1. The van der Waals surface area contributed by atoms with Crippen LogP contribution < -0.4 is 0 Å². The fourth-order valence-electron chi connectivity index (χ4n) is 4.43. The summed E-state index contributed by atoms with van der Waals surface area (Å²) in [4.78, 5) is 19.4. The number of nitrogens with zero attached hydrogens (tertiary/aromatic N) is 4. The van der Waals surface area contributed by atoms with Crippen LogP contribution in [0.4, 0.5) is 8.78 Å². The van der Waals surface area contributed by atoms with Gasteiger partial charge in [0, 0.05) is 30.9 Å². The molecule has 31 heavy (non-hydrogen) atoms. The number of likely N-dealkylation sites (tertiary alicyclic amines) is 1. The summed E-state index contributed by atoms with van der Waals surface area (Å²) in [6.07, 6.45) is 2.71. The van der Waals surface area contributed by atoms with Gasteiger partial charge in [0.05, 0.1) is 5.69 Å². The molecule has 1 saturated heterocycles. The van der Waals surface area contributed by atoms with E-state index in [4.69, 9.17) is 4.98 Å². The maximum Gasteiger partial charge on any atom is 0.279 e. The molecule has 0 atom stereocenters. The average Bonchev–Trinajstić information content (AvgIpc) is 3.47. The number of carbonyl (C=O) groups is 1. The Hall–Kier alpha value is -3.55. The molecule has 158 valence electrons. The highest BCUT2D eigenvalue weighted by atomic mass is 19.3. The Kier molecular flexibility index (Phi) is 4.77. The lowest BCUT2D eigenvalue weighted by atomic mass is 9.70. The topological polar surface area (TPSA) is 66.3 Å². The third-order valence-corrected chi connectivity index (χ3v) is 6.14. The number of nitrogens with one attached hydrogen (secondary N) is 1. The van der Waals surface area contributed by atoms with E-state index in [0.717, 1.165) is 23.0 Å². The molecule has 5 rings (SSSR count). The summed E-state index contributed by atoms with van der Waals surface area (Å²) in [6.45, 7) is 0.969. The molecular formula is C23H21F2N5O. The number of aromatic nitrogens is 4. The minimum atomic E-state index is -2.68. The Labute approximate surface area is 177 Å². The van der Waals surface area contributed by atoms with Gasteiger partial charge in [-0.25, -0.2) is 13.8 Å². The van der Waals surface area contributed by atoms with Gasteiger partial charge >= 0.3 is 0 Å². The predicted molar refractivity (Wildman–Crippen MR) is 111 cm³/mol. The zero-order chi connectivity index (χ0) is 21.4. The Balaban J connectivity index is 1.45. The first-order chi connectivity index (χ1) is 15.1. The van der Waals surface area contributed by atoms with Crippen molar-refractivity contribution in [2.24, 2.45) is 0 Å². The van der Waals surface area contributed by atoms with Crippen LogP contribution in [0, 0.1) is 0 Å². The van der Waals surface area contributed by atoms with Crippen molar-refractivity contribution < 1.29 is 13.6 Å². The van der Waals surface area contributed by atoms with Gasteiger partial charge in [0.1, 0.15) is 11.3 Å². The summed E-state index contributed by atoms with van der Waals surface area (Å²) < 4.78 is 27.7. The van der Waals surface area contributed by atoms with E-state index in [1.54, 1.807) is 4.90 Å². The SMILES string of the molecule is O=C(c1cc(C(F)F)[nH]n1)N1CCC(c2ccccc2)(c2cn3ccccc3n2)CC1. The molecule has 0 saturated carbocycles. The van der Waals surface area contributed by atoms with Crippen LogP contribution in [-0.4, -0.2) is 43.5 Å². The molecule has 1 aliphatic heterocycles. The van der Waals surface area contributed by atoms with E-state index < -0.39 is 6.43 Å². The molecule has 4 heterocycles. The Morgan fingerprint density at radius 2 is 1.81 bits per heavy atom. The molecule has 0 spiro atoms. The van der Waals surface area contributed by atoms with Crippen molar-refractivity contribution in [3.63, 3.8) is 0 Å². The maximum absolute atomic E-state index is 12.8. The lowest BCUT2D eigenvalue weighted by molar-refractivity contribution is 0.0678. The normalized spacial score (nSPS) is 16.2. The van der Waals surface area contributed by atoms with Crippen LogP contribution >= 0.6 is 0 Å². The highest BCUT2D eigenvalue weighted by molar-refractivity contribution is 5.92. The Morgan fingerprint density at radius 3 is 2.48 bits per heavy atom. The molecule has 0 unspecified atom stereocenters. The summed E-state index contributed by atoms with van der Waals surface area (Å²) in [5.41, 5.74) is 2.35. The van der Waals surface area contributed by atoms with Gasteiger partial charge in [-0.1, -0.05) is 36.4 Å². The van der Waals surface area contributed by atoms with Crippen molar-refractivity contribution in [3.8, 4) is 0 Å². The number of rotatable bonds is 4. The van der Waals surface area contributed by atoms with Gasteiger partial charge in [-0.2, -0.15) is 5.10 Å². The molecule has 1 aliphatic rings. The van der Waals surface area contributed by atoms with Crippen molar-refractivity contribution in [2.75, 3.05) is 13.1 Å². The minimum Gasteiger partial charge on any atom is -0.337 e. The molecule has 3 aromatic heterocycles. The third kappa shape index (κ3) is 3.37. The van der Waals surface area contributed by atoms with Gasteiger partial charge in [0.25, 0.3) is 12.3 Å². The first-order valence-corrected chi connectivity index (χ1v) is 10.2. The van der Waals surface area contributed by atoms with E-state index in [-0.39, 0.29) is 22.7 Å². The molecule has 1 amide bonds. The van der Waals surface area contributed by atoms with Crippen molar-refractivity contribution in [3.05, 3.63) is 89.6 Å². The predicted octanol–water partition coefficient (Wildman–Crippen LogP) is 4.22. The molecule has 1 aromatic carbocycles. The summed E-state index contributed by atoms with van der Waals surface area (Å²) in [5.74, 6) is -0.334. The van der Waals surface area contributed by atoms with Crippen LogP contribution in [0.2, 0.25) is 0 Å². The van der Waals surface area contributed by atoms with Gasteiger partial charge in [-0.3, -0.25) is 9.89 Å². The maximum atomic E-state index is 12.8. The number of alkyl halides is 2. The highest BCUT2D eigenvalue weighted by Crippen LogP contribution is 2.41. The lowest BCUT2D eigenvalue weighted by Crippen LogP contribution is -2.46. The average molecular weight is 421 g/mol. The number of H-pyrrole nitrogens is 1. The number of hydrogen-bond donors (Lipinski definition) is 1. The van der Waals surface area contributed by atoms with E-state index >= 15 is 0 Å². The third-order valence-electron chi connectivity index (χ3n) is 6.14. The number of aromatic amines is 1. The van der Waals surface area contributed by atoms with Crippen LogP contribution in [0.25, 0.3) is 5.65 Å². The Morgan fingerprint density at radius 1 is 1.06 bits per heavy atom. The summed E-state index contributed by atoms with van der Waals surface area (Å²) in [6, 6.07) is 17.2. The van der Waals surface area contributed by atoms with Crippen molar-refractivity contribution in [2.45, 2.75) is 24.7 Å². The number of amides is 1. The van der Waals surface area contributed by atoms with Crippen LogP contribution in [0.1, 0.15) is 46.7 Å². The van der Waals surface area contributed by atoms with Gasteiger partial charge < -0.3 is 9.30 Å². The molecule has 1 fully saturated rings. The number of benzene rings is 1. The molecule has 0 aliphatic carbocycles. The van der Waals surface area contributed by atoms with Gasteiger partial charge in [-0.15, -0.1) is 0 Å². The largest absolute Gasteiger partial charge is 0.337 e. The van der Waals surface area contributed by atoms with Crippen molar-refractivity contribution in [1.29, 1.82) is 0 Å². The molecule has 8 heteroatoms. The van der Waals surface area contributed by atoms with Gasteiger partial charge in [-0.05, 0) is 36.6 Å². The second-order valence-electron chi connectivity index (χ2n) is 7.84. The van der Waals surface area contributed by atoms with Crippen molar-refractivity contribution >= 4 is 11.6 Å². The molecular weight excluding hydrogens is 400 g/mol. The number of halogens is 2. The summed E-state index contributed by atoms with van der Waals surface area (Å²) in [5, 5.41) is 6.03. The van der Waals surface area contributed by atoms with E-state index in [0.29, 0.717) is 25.9 Å². The van der Waals surface area contributed by atoms with Gasteiger partial charge in [0.2, 0.25) is 0 Å². The van der Waals surface area contributed by atoms with E-state index in [1.165, 1.54) is 0 Å². The number of piperidine rings is 1. The molecule has 0 radical (unpaired) electrons. The molecule has 6 nitrogen and oxygen atoms in total.